The summed E-state index contributed by atoms with van der Waals surface area (Å²) in [6, 6.07) is 8.68. The van der Waals surface area contributed by atoms with Crippen LogP contribution in [0.3, 0.4) is 0 Å². The van der Waals surface area contributed by atoms with Gasteiger partial charge in [-0.3, -0.25) is 4.79 Å². The second-order valence-corrected chi connectivity index (χ2v) is 3.47. The molecule has 0 aliphatic carbocycles. The zero-order valence-electron chi connectivity index (χ0n) is 9.51. The molecule has 0 saturated heterocycles. The smallest absolute Gasteiger partial charge is 0.258 e. The number of rotatable bonds is 5. The van der Waals surface area contributed by atoms with Crippen molar-refractivity contribution in [2.45, 2.75) is 13.0 Å². The van der Waals surface area contributed by atoms with Gasteiger partial charge in [0.2, 0.25) is 0 Å². The first kappa shape index (κ1) is 13.0. The van der Waals surface area contributed by atoms with E-state index in [-0.39, 0.29) is 19.1 Å². The van der Waals surface area contributed by atoms with Crippen LogP contribution in [0.25, 0.3) is 0 Å². The molecule has 0 aliphatic heterocycles. The molecule has 0 spiro atoms. The standard InChI is InChI=1S/C12H14N2O3/c1-9(15)10-3-2-4-11(7-10)17-8-12(16)14-6-5-13/h2-4,7,9,15H,6,8H2,1H3,(H,14,16)/t9-/m0/s1. The highest BCUT2D eigenvalue weighted by molar-refractivity contribution is 5.77. The Bertz CT molecular complexity index is 424. The number of carbonyl (C=O) groups excluding carboxylic acids is 1. The number of amides is 1. The molecule has 5 nitrogen and oxygen atoms in total. The Balaban J connectivity index is 2.49. The van der Waals surface area contributed by atoms with E-state index in [4.69, 9.17) is 10.00 Å². The first-order chi connectivity index (χ1) is 8.13. The van der Waals surface area contributed by atoms with Crippen molar-refractivity contribution in [3.05, 3.63) is 29.8 Å². The minimum atomic E-state index is -0.578. The van der Waals surface area contributed by atoms with E-state index < -0.39 is 6.10 Å². The Morgan fingerprint density at radius 3 is 3.06 bits per heavy atom. The highest BCUT2D eigenvalue weighted by Gasteiger charge is 2.04. The van der Waals surface area contributed by atoms with Crippen LogP contribution in [0.2, 0.25) is 0 Å². The molecule has 2 N–H and O–H groups in total. The first-order valence-electron chi connectivity index (χ1n) is 5.18. The molecular weight excluding hydrogens is 220 g/mol. The monoisotopic (exact) mass is 234 g/mol. The number of nitrogens with one attached hydrogen (secondary N) is 1. The number of aliphatic hydroxyl groups is 1. The molecule has 5 heteroatoms. The highest BCUT2D eigenvalue weighted by Crippen LogP contribution is 2.18. The molecule has 1 atom stereocenters. The van der Waals surface area contributed by atoms with Gasteiger partial charge in [0.05, 0.1) is 12.2 Å². The maximum atomic E-state index is 11.2. The summed E-state index contributed by atoms with van der Waals surface area (Å²) in [6.07, 6.45) is -0.578. The predicted molar refractivity (Wildman–Crippen MR) is 61.2 cm³/mol. The van der Waals surface area contributed by atoms with Gasteiger partial charge in [-0.2, -0.15) is 5.26 Å². The van der Waals surface area contributed by atoms with Gasteiger partial charge < -0.3 is 15.2 Å². The predicted octanol–water partition coefficient (Wildman–Crippen LogP) is 0.758. The first-order valence-corrected chi connectivity index (χ1v) is 5.18. The molecule has 0 aromatic heterocycles. The maximum absolute atomic E-state index is 11.2. The van der Waals surface area contributed by atoms with Crippen molar-refractivity contribution in [2.24, 2.45) is 0 Å². The summed E-state index contributed by atoms with van der Waals surface area (Å²) in [7, 11) is 0. The van der Waals surface area contributed by atoms with E-state index >= 15 is 0 Å². The molecule has 1 aromatic rings. The van der Waals surface area contributed by atoms with Gasteiger partial charge in [-0.15, -0.1) is 0 Å². The minimum absolute atomic E-state index is 0.0318. The molecule has 90 valence electrons. The Morgan fingerprint density at radius 1 is 1.65 bits per heavy atom. The molecule has 0 bridgehead atoms. The molecule has 1 rings (SSSR count). The number of nitrogens with zero attached hydrogens (tertiary/aromatic N) is 1. The molecule has 1 amide bonds. The van der Waals surface area contributed by atoms with Crippen molar-refractivity contribution in [3.8, 4) is 11.8 Å². The van der Waals surface area contributed by atoms with E-state index in [9.17, 15) is 9.90 Å². The van der Waals surface area contributed by atoms with Gasteiger partial charge in [0.15, 0.2) is 6.61 Å². The van der Waals surface area contributed by atoms with Crippen LogP contribution in [-0.4, -0.2) is 24.2 Å². The van der Waals surface area contributed by atoms with Crippen molar-refractivity contribution in [1.82, 2.24) is 5.32 Å². The summed E-state index contributed by atoms with van der Waals surface area (Å²) in [6.45, 7) is 1.47. The SMILES string of the molecule is C[C@H](O)c1cccc(OCC(=O)NCC#N)c1. The molecule has 17 heavy (non-hydrogen) atoms. The lowest BCUT2D eigenvalue weighted by Gasteiger charge is -2.09. The van der Waals surface area contributed by atoms with Crippen molar-refractivity contribution in [1.29, 1.82) is 5.26 Å². The number of hydrogen-bond donors (Lipinski definition) is 2. The average molecular weight is 234 g/mol. The molecule has 0 radical (unpaired) electrons. The molecule has 0 unspecified atom stereocenters. The van der Waals surface area contributed by atoms with Gasteiger partial charge >= 0.3 is 0 Å². The average Bonchev–Trinajstić information content (AvgIpc) is 2.34. The third-order valence-corrected chi connectivity index (χ3v) is 2.08. The molecule has 0 fully saturated rings. The van der Waals surface area contributed by atoms with Gasteiger partial charge in [-0.1, -0.05) is 12.1 Å². The zero-order valence-corrected chi connectivity index (χ0v) is 9.51. The van der Waals surface area contributed by atoms with Gasteiger partial charge in [-0.05, 0) is 24.6 Å². The quantitative estimate of drug-likeness (QED) is 0.737. The molecular formula is C12H14N2O3. The van der Waals surface area contributed by atoms with Crippen LogP contribution in [0.15, 0.2) is 24.3 Å². The number of nitriles is 1. The summed E-state index contributed by atoms with van der Waals surface area (Å²) in [5.74, 6) is 0.157. The number of benzene rings is 1. The summed E-state index contributed by atoms with van der Waals surface area (Å²) >= 11 is 0. The molecule has 1 aromatic carbocycles. The van der Waals surface area contributed by atoms with Crippen molar-refractivity contribution in [3.63, 3.8) is 0 Å². The lowest BCUT2D eigenvalue weighted by atomic mass is 10.1. The lowest BCUT2D eigenvalue weighted by molar-refractivity contribution is -0.122. The topological polar surface area (TPSA) is 82.3 Å². The fourth-order valence-corrected chi connectivity index (χ4v) is 1.20. The third-order valence-electron chi connectivity index (χ3n) is 2.08. The Kier molecular flexibility index (Phi) is 4.98. The number of hydrogen-bond acceptors (Lipinski definition) is 4. The van der Waals surface area contributed by atoms with Crippen molar-refractivity contribution < 1.29 is 14.6 Å². The Hall–Kier alpha value is -2.06. The Morgan fingerprint density at radius 2 is 2.41 bits per heavy atom. The maximum Gasteiger partial charge on any atom is 0.258 e. The largest absolute Gasteiger partial charge is 0.484 e. The van der Waals surface area contributed by atoms with Crippen LogP contribution in [0.5, 0.6) is 5.75 Å². The minimum Gasteiger partial charge on any atom is -0.484 e. The van der Waals surface area contributed by atoms with Gasteiger partial charge in [-0.25, -0.2) is 0 Å². The second kappa shape index (κ2) is 6.51. The fraction of sp³-hybridized carbons (Fsp3) is 0.333. The zero-order chi connectivity index (χ0) is 12.7. The number of carbonyl (C=O) groups is 1. The molecule has 0 heterocycles. The lowest BCUT2D eigenvalue weighted by Crippen LogP contribution is -2.29. The van der Waals surface area contributed by atoms with Crippen LogP contribution in [0, 0.1) is 11.3 Å². The number of ether oxygens (including phenoxy) is 1. The van der Waals surface area contributed by atoms with Crippen LogP contribution < -0.4 is 10.1 Å². The second-order valence-electron chi connectivity index (χ2n) is 3.47. The van der Waals surface area contributed by atoms with E-state index in [1.807, 2.05) is 0 Å². The summed E-state index contributed by atoms with van der Waals surface area (Å²) in [4.78, 5) is 11.2. The van der Waals surface area contributed by atoms with Crippen molar-refractivity contribution >= 4 is 5.91 Å². The van der Waals surface area contributed by atoms with E-state index in [0.29, 0.717) is 5.75 Å². The molecule has 0 saturated carbocycles. The van der Waals surface area contributed by atoms with E-state index in [1.165, 1.54) is 0 Å². The normalized spacial score (nSPS) is 11.4. The highest BCUT2D eigenvalue weighted by atomic mass is 16.5. The fourth-order valence-electron chi connectivity index (χ4n) is 1.20. The van der Waals surface area contributed by atoms with Gasteiger partial charge in [0.25, 0.3) is 5.91 Å². The van der Waals surface area contributed by atoms with E-state index in [2.05, 4.69) is 5.32 Å². The van der Waals surface area contributed by atoms with E-state index in [0.717, 1.165) is 5.56 Å². The van der Waals surface area contributed by atoms with Crippen molar-refractivity contribution in [2.75, 3.05) is 13.2 Å². The Labute approximate surface area is 99.6 Å². The van der Waals surface area contributed by atoms with Gasteiger partial charge in [0, 0.05) is 0 Å². The number of aliphatic hydroxyl groups excluding tert-OH is 1. The van der Waals surface area contributed by atoms with E-state index in [1.54, 1.807) is 37.3 Å². The summed E-state index contributed by atoms with van der Waals surface area (Å²) in [5.41, 5.74) is 0.722. The third kappa shape index (κ3) is 4.53. The summed E-state index contributed by atoms with van der Waals surface area (Å²) in [5, 5.41) is 20.0. The van der Waals surface area contributed by atoms with Gasteiger partial charge in [0.1, 0.15) is 12.3 Å². The summed E-state index contributed by atoms with van der Waals surface area (Å²) < 4.78 is 5.22. The van der Waals surface area contributed by atoms with Crippen LogP contribution in [-0.2, 0) is 4.79 Å². The molecule has 0 aliphatic rings. The van der Waals surface area contributed by atoms with Crippen LogP contribution >= 0.6 is 0 Å². The van der Waals surface area contributed by atoms with Crippen LogP contribution in [0.4, 0.5) is 0 Å². The van der Waals surface area contributed by atoms with Crippen LogP contribution in [0.1, 0.15) is 18.6 Å².